The largest absolute Gasteiger partial charge is 0.339 e. The Kier molecular flexibility index (Phi) is 8.94. The summed E-state index contributed by atoms with van der Waals surface area (Å²) in [5.74, 6) is -1.28. The number of carbonyl (C=O) groups is 1. The van der Waals surface area contributed by atoms with Crippen molar-refractivity contribution in [1.29, 1.82) is 5.41 Å². The zero-order valence-corrected chi connectivity index (χ0v) is 25.0. The first-order chi connectivity index (χ1) is 21.1. The second-order valence-corrected chi connectivity index (χ2v) is 11.4. The van der Waals surface area contributed by atoms with Crippen LogP contribution in [0.25, 0.3) is 11.3 Å². The van der Waals surface area contributed by atoms with Crippen molar-refractivity contribution in [2.75, 3.05) is 39.5 Å². The number of anilines is 2. The predicted octanol–water partition coefficient (Wildman–Crippen LogP) is 6.06. The fraction of sp³-hybridized carbons (Fsp3) is 0.242. The topological polar surface area (TPSA) is 101 Å². The van der Waals surface area contributed by atoms with Crippen LogP contribution in [0.2, 0.25) is 5.02 Å². The van der Waals surface area contributed by atoms with Gasteiger partial charge < -0.3 is 15.1 Å². The maximum absolute atomic E-state index is 14.8. The van der Waals surface area contributed by atoms with Crippen molar-refractivity contribution < 1.29 is 13.6 Å². The van der Waals surface area contributed by atoms with E-state index in [-0.39, 0.29) is 43.1 Å². The van der Waals surface area contributed by atoms with Crippen molar-refractivity contribution >= 4 is 40.8 Å². The summed E-state index contributed by atoms with van der Waals surface area (Å²) >= 11 is 6.31. The molecule has 6 rings (SSSR count). The van der Waals surface area contributed by atoms with Crippen LogP contribution >= 0.6 is 11.6 Å². The molecule has 12 heteroatoms. The number of likely N-dealkylation sites (N-methyl/N-ethyl adjacent to an activating group) is 1. The molecule has 3 aromatic carbocycles. The molecule has 45 heavy (non-hydrogen) atoms. The number of aliphatic imine (C=N–C) groups is 1. The van der Waals surface area contributed by atoms with Crippen molar-refractivity contribution in [2.24, 2.45) is 4.99 Å². The van der Waals surface area contributed by atoms with Gasteiger partial charge in [-0.15, -0.1) is 0 Å². The van der Waals surface area contributed by atoms with Gasteiger partial charge in [0, 0.05) is 65.3 Å². The first kappa shape index (κ1) is 31.7. The summed E-state index contributed by atoms with van der Waals surface area (Å²) in [6, 6.07) is 16.0. The van der Waals surface area contributed by atoms with E-state index < -0.39 is 11.6 Å². The van der Waals surface area contributed by atoms with Crippen molar-refractivity contribution in [3.05, 3.63) is 106 Å². The van der Waals surface area contributed by atoms with Crippen molar-refractivity contribution in [1.82, 2.24) is 24.7 Å². The monoisotopic (exact) mass is 630 g/mol. The second kappa shape index (κ2) is 12.7. The third-order valence-corrected chi connectivity index (χ3v) is 8.10. The minimum Gasteiger partial charge on any atom is -0.339 e. The maximum atomic E-state index is 14.8. The quantitative estimate of drug-likeness (QED) is 0.205. The first-order valence-electron chi connectivity index (χ1n) is 13.9. The number of amides is 1. The molecule has 0 radical (unpaired) electrons. The number of likely N-dealkylation sites (tertiary alicyclic amines) is 1. The molecule has 232 valence electrons. The van der Waals surface area contributed by atoms with Gasteiger partial charge in [-0.05, 0) is 62.6 Å². The molecule has 2 N–H and O–H groups in total. The number of benzene rings is 3. The summed E-state index contributed by atoms with van der Waals surface area (Å²) < 4.78 is 29.6. The molecule has 1 amide bonds. The van der Waals surface area contributed by atoms with E-state index in [0.717, 1.165) is 0 Å². The summed E-state index contributed by atoms with van der Waals surface area (Å²) in [7, 11) is 5.61. The lowest BCUT2D eigenvalue weighted by Crippen LogP contribution is -2.62. The lowest BCUT2D eigenvalue weighted by molar-refractivity contribution is 0.0794. The molecule has 1 saturated heterocycles. The summed E-state index contributed by atoms with van der Waals surface area (Å²) in [5, 5.41) is 12.0. The van der Waals surface area contributed by atoms with Gasteiger partial charge in [-0.3, -0.25) is 20.1 Å². The van der Waals surface area contributed by atoms with Crippen molar-refractivity contribution in [3.8, 4) is 11.3 Å². The lowest BCUT2D eigenvalue weighted by Gasteiger charge is -2.45. The number of fused-ring (bicyclic) bond motifs is 3. The molecule has 0 unspecified atom stereocenters. The number of aromatic nitrogens is 2. The number of halogens is 3. The molecular weight excluding hydrogens is 598 g/mol. The van der Waals surface area contributed by atoms with Gasteiger partial charge >= 0.3 is 0 Å². The van der Waals surface area contributed by atoms with Crippen molar-refractivity contribution in [2.45, 2.75) is 20.0 Å². The minimum atomic E-state index is -0.724. The summed E-state index contributed by atoms with van der Waals surface area (Å²) in [4.78, 5) is 32.1. The molecule has 1 fully saturated rings. The van der Waals surface area contributed by atoms with E-state index in [1.807, 2.05) is 19.0 Å². The van der Waals surface area contributed by atoms with Gasteiger partial charge in [0.25, 0.3) is 5.91 Å². The standard InChI is InChI=1S/C32H29ClF2N8O.CH4/c1-41(2)22-16-43(17-22)31(36)42(3)30(44)18-7-10-21(11-8-18)39-32-38-15-19-14-37-29(27-25(34)5-4-6-26(27)35)24-13-20(33)9-12-23(24)28(19)40-32;/h4-13,15,22,36H,14,16-17H2,1-3H3,(H,38,39,40);1H4. The van der Waals surface area contributed by atoms with Crippen LogP contribution in [0.3, 0.4) is 0 Å². The van der Waals surface area contributed by atoms with Crippen LogP contribution in [0.5, 0.6) is 0 Å². The number of carbonyl (C=O) groups excluding carboxylic acids is 1. The van der Waals surface area contributed by atoms with E-state index in [0.29, 0.717) is 57.8 Å². The predicted molar refractivity (Wildman–Crippen MR) is 174 cm³/mol. The molecule has 1 aromatic heterocycles. The summed E-state index contributed by atoms with van der Waals surface area (Å²) in [6.45, 7) is 1.52. The Morgan fingerprint density at radius 3 is 2.38 bits per heavy atom. The molecule has 3 heterocycles. The Labute approximate surface area is 265 Å². The highest BCUT2D eigenvalue weighted by molar-refractivity contribution is 6.31. The first-order valence-corrected chi connectivity index (χ1v) is 14.3. The zero-order valence-electron chi connectivity index (χ0n) is 24.3. The molecule has 0 spiro atoms. The number of nitrogens with one attached hydrogen (secondary N) is 2. The van der Waals surface area contributed by atoms with Gasteiger partial charge in [0.2, 0.25) is 11.9 Å². The average molecular weight is 631 g/mol. The molecule has 9 nitrogen and oxygen atoms in total. The second-order valence-electron chi connectivity index (χ2n) is 10.9. The molecule has 0 bridgehead atoms. The van der Waals surface area contributed by atoms with Crippen LogP contribution in [0.1, 0.15) is 34.5 Å². The molecule has 0 aliphatic carbocycles. The fourth-order valence-electron chi connectivity index (χ4n) is 5.20. The Balaban J connectivity index is 0.00000400. The van der Waals surface area contributed by atoms with E-state index in [4.69, 9.17) is 22.0 Å². The molecule has 4 aromatic rings. The van der Waals surface area contributed by atoms with E-state index in [1.54, 1.807) is 55.7 Å². The van der Waals surface area contributed by atoms with Gasteiger partial charge in [-0.25, -0.2) is 18.7 Å². The number of nitrogens with zero attached hydrogens (tertiary/aromatic N) is 6. The van der Waals surface area contributed by atoms with E-state index in [1.165, 1.54) is 23.1 Å². The van der Waals surface area contributed by atoms with E-state index in [2.05, 4.69) is 20.2 Å². The number of hydrogen-bond donors (Lipinski definition) is 2. The van der Waals surface area contributed by atoms with Crippen LogP contribution in [-0.4, -0.2) is 82.5 Å². The molecule has 0 atom stereocenters. The van der Waals surface area contributed by atoms with Crippen LogP contribution < -0.4 is 5.32 Å². The number of guanidine groups is 1. The number of rotatable bonds is 5. The SMILES string of the molecule is C.CN(C(=N)N1CC(N(C)C)C1)C(=O)c1ccc(Nc2ncc3c(n2)-c2ccc(Cl)cc2C(c2c(F)cccc2F)=NC3)cc1. The Morgan fingerprint density at radius 2 is 1.71 bits per heavy atom. The van der Waals surface area contributed by atoms with Crippen LogP contribution in [-0.2, 0) is 6.54 Å². The smallest absolute Gasteiger partial charge is 0.260 e. The van der Waals surface area contributed by atoms with Crippen LogP contribution in [0.4, 0.5) is 20.4 Å². The van der Waals surface area contributed by atoms with Crippen molar-refractivity contribution in [3.63, 3.8) is 0 Å². The average Bonchev–Trinajstić information content (AvgIpc) is 3.12. The Bertz CT molecular complexity index is 1790. The van der Waals surface area contributed by atoms with Gasteiger partial charge in [0.1, 0.15) is 11.6 Å². The highest BCUT2D eigenvalue weighted by atomic mass is 35.5. The van der Waals surface area contributed by atoms with Gasteiger partial charge in [-0.1, -0.05) is 31.2 Å². The molecular formula is C33H33ClF2N8O. The third-order valence-electron chi connectivity index (χ3n) is 7.87. The lowest BCUT2D eigenvalue weighted by atomic mass is 9.95. The zero-order chi connectivity index (χ0) is 31.1. The third kappa shape index (κ3) is 6.13. The highest BCUT2D eigenvalue weighted by Gasteiger charge is 2.33. The van der Waals surface area contributed by atoms with E-state index >= 15 is 0 Å². The van der Waals surface area contributed by atoms with Crippen LogP contribution in [0, 0.1) is 17.0 Å². The van der Waals surface area contributed by atoms with Crippen LogP contribution in [0.15, 0.2) is 71.9 Å². The minimum absolute atomic E-state index is 0. The summed E-state index contributed by atoms with van der Waals surface area (Å²) in [6.07, 6.45) is 1.63. The normalized spacial score (nSPS) is 13.9. The summed E-state index contributed by atoms with van der Waals surface area (Å²) in [5.41, 5.74) is 3.30. The van der Waals surface area contributed by atoms with E-state index in [9.17, 15) is 13.6 Å². The fourth-order valence-corrected chi connectivity index (χ4v) is 5.38. The molecule has 2 aliphatic heterocycles. The number of hydrogen-bond acceptors (Lipinski definition) is 7. The van der Waals surface area contributed by atoms with Gasteiger partial charge in [0.15, 0.2) is 0 Å². The van der Waals surface area contributed by atoms with Gasteiger partial charge in [-0.2, -0.15) is 0 Å². The Hall–Kier alpha value is -4.74. The van der Waals surface area contributed by atoms with Gasteiger partial charge in [0.05, 0.1) is 23.5 Å². The molecule has 2 aliphatic rings. The maximum Gasteiger partial charge on any atom is 0.260 e. The highest BCUT2D eigenvalue weighted by Crippen LogP contribution is 2.35. The Morgan fingerprint density at radius 1 is 1.02 bits per heavy atom. The molecule has 0 saturated carbocycles.